The van der Waals surface area contributed by atoms with Gasteiger partial charge in [0.2, 0.25) is 0 Å². The van der Waals surface area contributed by atoms with Gasteiger partial charge >= 0.3 is 12.1 Å². The lowest BCUT2D eigenvalue weighted by Gasteiger charge is -2.23. The van der Waals surface area contributed by atoms with Crippen molar-refractivity contribution in [2.75, 3.05) is 19.8 Å². The van der Waals surface area contributed by atoms with Crippen molar-refractivity contribution in [2.24, 2.45) is 0 Å². The maximum absolute atomic E-state index is 13.8. The Morgan fingerprint density at radius 2 is 1.63 bits per heavy atom. The lowest BCUT2D eigenvalue weighted by atomic mass is 9.83. The molecule has 0 amide bonds. The van der Waals surface area contributed by atoms with Crippen molar-refractivity contribution >= 4 is 28.5 Å². The zero-order valence-corrected chi connectivity index (χ0v) is 24.9. The molecule has 0 fully saturated rings. The van der Waals surface area contributed by atoms with Crippen LogP contribution in [0, 0.1) is 22.7 Å². The molecule has 0 unspecified atom stereocenters. The summed E-state index contributed by atoms with van der Waals surface area (Å²) in [5.41, 5.74) is 0.426. The Balaban J connectivity index is 2.02. The van der Waals surface area contributed by atoms with Gasteiger partial charge in [-0.05, 0) is 65.3 Å². The van der Waals surface area contributed by atoms with Crippen LogP contribution in [-0.2, 0) is 21.1 Å². The molecule has 0 bridgehead atoms. The summed E-state index contributed by atoms with van der Waals surface area (Å²) >= 11 is 1.25. The molecule has 0 spiro atoms. The zero-order valence-electron chi connectivity index (χ0n) is 24.1. The minimum Gasteiger partial charge on any atom is -0.460 e. The topological polar surface area (TPSA) is 83.1 Å². The molecule has 4 rings (SSSR count). The maximum Gasteiger partial charge on any atom is 0.416 e. The van der Waals surface area contributed by atoms with E-state index in [9.17, 15) is 28.5 Å². The van der Waals surface area contributed by atoms with Gasteiger partial charge in [-0.2, -0.15) is 23.7 Å². The van der Waals surface area contributed by atoms with Crippen LogP contribution in [0.2, 0.25) is 0 Å². The van der Waals surface area contributed by atoms with Gasteiger partial charge in [-0.25, -0.2) is 4.79 Å². The Morgan fingerprint density at radius 1 is 0.884 bits per heavy atom. The quantitative estimate of drug-likeness (QED) is 0.148. The fraction of sp³-hybridized carbons (Fsp3) is 0.265. The highest BCUT2D eigenvalue weighted by Crippen LogP contribution is 2.45. The predicted molar refractivity (Wildman–Crippen MR) is 160 cm³/mol. The van der Waals surface area contributed by atoms with E-state index in [-0.39, 0.29) is 40.9 Å². The number of rotatable bonds is 8. The number of hydrogen-bond donors (Lipinski definition) is 0. The molecule has 0 aromatic heterocycles. The molecule has 9 heteroatoms. The van der Waals surface area contributed by atoms with Crippen LogP contribution in [-0.4, -0.2) is 25.8 Å². The van der Waals surface area contributed by atoms with Gasteiger partial charge < -0.3 is 9.47 Å². The second-order valence-corrected chi connectivity index (χ2v) is 11.8. The summed E-state index contributed by atoms with van der Waals surface area (Å²) < 4.78 is 51.9. The van der Waals surface area contributed by atoms with Crippen LogP contribution in [0.1, 0.15) is 60.3 Å². The van der Waals surface area contributed by atoms with E-state index in [1.54, 1.807) is 30.3 Å². The van der Waals surface area contributed by atoms with Crippen LogP contribution in [0.5, 0.6) is 0 Å². The molecule has 0 atom stereocenters. The SMILES string of the molecule is CCOCCOC(=O)c1ccccc1Sc1cc(C(C)(C)C)cc2cc(C#N)c(C#N)c(-c3cccc(C(F)(F)F)c3)c12. The van der Waals surface area contributed by atoms with Crippen molar-refractivity contribution in [3.8, 4) is 23.3 Å². The number of alkyl halides is 3. The van der Waals surface area contributed by atoms with Crippen molar-refractivity contribution in [1.82, 2.24) is 0 Å². The maximum atomic E-state index is 13.8. The van der Waals surface area contributed by atoms with Crippen molar-refractivity contribution < 1.29 is 27.4 Å². The number of carbonyl (C=O) groups is 1. The second-order valence-electron chi connectivity index (χ2n) is 10.7. The Hall–Kier alpha value is -4.31. The molecule has 43 heavy (non-hydrogen) atoms. The van der Waals surface area contributed by atoms with Crippen LogP contribution < -0.4 is 0 Å². The van der Waals surface area contributed by atoms with Gasteiger partial charge in [0.05, 0.1) is 28.9 Å². The van der Waals surface area contributed by atoms with Gasteiger partial charge in [0, 0.05) is 27.3 Å². The minimum absolute atomic E-state index is 0.0247. The Morgan fingerprint density at radius 3 is 2.28 bits per heavy atom. The average molecular weight is 603 g/mol. The Kier molecular flexibility index (Phi) is 9.49. The van der Waals surface area contributed by atoms with Gasteiger partial charge in [-0.15, -0.1) is 0 Å². The smallest absolute Gasteiger partial charge is 0.416 e. The van der Waals surface area contributed by atoms with E-state index in [0.29, 0.717) is 32.7 Å². The number of carbonyl (C=O) groups excluding carboxylic acids is 1. The highest BCUT2D eigenvalue weighted by atomic mass is 32.2. The minimum atomic E-state index is -4.61. The van der Waals surface area contributed by atoms with Gasteiger partial charge in [0.25, 0.3) is 0 Å². The number of hydrogen-bond acceptors (Lipinski definition) is 6. The Labute approximate surface area is 252 Å². The molecular weight excluding hydrogens is 573 g/mol. The molecule has 5 nitrogen and oxygen atoms in total. The molecular formula is C34H29F3N2O3S. The summed E-state index contributed by atoms with van der Waals surface area (Å²) in [6.07, 6.45) is -4.61. The van der Waals surface area contributed by atoms with Crippen LogP contribution in [0.15, 0.2) is 76.5 Å². The number of nitriles is 2. The first kappa shape index (κ1) is 31.6. The number of ether oxygens (including phenoxy) is 2. The van der Waals surface area contributed by atoms with E-state index in [4.69, 9.17) is 9.47 Å². The molecule has 220 valence electrons. The summed E-state index contributed by atoms with van der Waals surface area (Å²) in [5, 5.41) is 21.2. The fourth-order valence-electron chi connectivity index (χ4n) is 4.62. The van der Waals surface area contributed by atoms with Crippen LogP contribution in [0.3, 0.4) is 0 Å². The van der Waals surface area contributed by atoms with Crippen LogP contribution in [0.4, 0.5) is 13.2 Å². The molecule has 0 saturated carbocycles. The lowest BCUT2D eigenvalue weighted by Crippen LogP contribution is -2.12. The number of esters is 1. The fourth-order valence-corrected chi connectivity index (χ4v) is 5.77. The van der Waals surface area contributed by atoms with E-state index in [2.05, 4.69) is 12.1 Å². The van der Waals surface area contributed by atoms with Crippen molar-refractivity contribution in [3.05, 3.63) is 94.5 Å². The largest absolute Gasteiger partial charge is 0.460 e. The molecule has 0 saturated heterocycles. The number of benzene rings is 4. The first-order valence-electron chi connectivity index (χ1n) is 13.5. The summed E-state index contributed by atoms with van der Waals surface area (Å²) in [6.45, 7) is 8.74. The van der Waals surface area contributed by atoms with E-state index in [0.717, 1.165) is 17.7 Å². The van der Waals surface area contributed by atoms with E-state index >= 15 is 0 Å². The Bertz CT molecular complexity index is 1760. The lowest BCUT2D eigenvalue weighted by molar-refractivity contribution is -0.137. The third-order valence-electron chi connectivity index (χ3n) is 6.77. The number of nitrogens with zero attached hydrogens (tertiary/aromatic N) is 2. The van der Waals surface area contributed by atoms with Crippen LogP contribution >= 0.6 is 11.8 Å². The van der Waals surface area contributed by atoms with E-state index in [1.165, 1.54) is 23.9 Å². The van der Waals surface area contributed by atoms with Crippen molar-refractivity contribution in [2.45, 2.75) is 49.1 Å². The van der Waals surface area contributed by atoms with Crippen molar-refractivity contribution in [3.63, 3.8) is 0 Å². The van der Waals surface area contributed by atoms with Gasteiger partial charge in [-0.1, -0.05) is 62.9 Å². The molecule has 0 aliphatic heterocycles. The molecule has 0 N–H and O–H groups in total. The summed E-state index contributed by atoms with van der Waals surface area (Å²) in [4.78, 5) is 14.2. The van der Waals surface area contributed by atoms with Gasteiger partial charge in [-0.3, -0.25) is 0 Å². The standard InChI is InChI=1S/C34H29F3N2O3S/c1-5-41-13-14-42-32(40)26-11-6-7-12-28(26)43-29-18-25(33(2,3)4)17-22-15-23(19-38)27(20-39)30(31(22)29)21-9-8-10-24(16-21)34(35,36)37/h6-12,15-18H,5,13-14H2,1-4H3. The predicted octanol–water partition coefficient (Wildman–Crippen LogP) is 8.91. The van der Waals surface area contributed by atoms with Gasteiger partial charge in [0.1, 0.15) is 18.7 Å². The normalized spacial score (nSPS) is 11.7. The van der Waals surface area contributed by atoms with E-state index in [1.807, 2.05) is 39.8 Å². The first-order valence-corrected chi connectivity index (χ1v) is 14.4. The molecule has 4 aromatic rings. The highest BCUT2D eigenvalue weighted by molar-refractivity contribution is 7.99. The molecule has 4 aromatic carbocycles. The monoisotopic (exact) mass is 602 g/mol. The number of halogens is 3. The van der Waals surface area contributed by atoms with E-state index < -0.39 is 17.7 Å². The zero-order chi connectivity index (χ0) is 31.4. The van der Waals surface area contributed by atoms with Gasteiger partial charge in [0.15, 0.2) is 0 Å². The summed E-state index contributed by atoms with van der Waals surface area (Å²) in [7, 11) is 0. The summed E-state index contributed by atoms with van der Waals surface area (Å²) in [5.74, 6) is -0.540. The molecule has 0 radical (unpaired) electrons. The molecule has 0 heterocycles. The summed E-state index contributed by atoms with van der Waals surface area (Å²) in [6, 6.07) is 21.2. The third kappa shape index (κ3) is 7.02. The molecule has 0 aliphatic carbocycles. The highest BCUT2D eigenvalue weighted by Gasteiger charge is 2.31. The third-order valence-corrected chi connectivity index (χ3v) is 7.89. The average Bonchev–Trinajstić information content (AvgIpc) is 2.97. The number of fused-ring (bicyclic) bond motifs is 1. The molecule has 0 aliphatic rings. The van der Waals surface area contributed by atoms with Crippen molar-refractivity contribution in [1.29, 1.82) is 10.5 Å². The van der Waals surface area contributed by atoms with Crippen LogP contribution in [0.25, 0.3) is 21.9 Å². The second kappa shape index (κ2) is 12.9. The first-order chi connectivity index (χ1) is 20.4.